The van der Waals surface area contributed by atoms with E-state index in [1.54, 1.807) is 18.2 Å². The average molecular weight is 281 g/mol. The predicted octanol–water partition coefficient (Wildman–Crippen LogP) is 4.58. The molecule has 1 nitrogen and oxygen atoms in total. The number of hydrogen-bond acceptors (Lipinski definition) is 1. The molecule has 0 aliphatic heterocycles. The summed E-state index contributed by atoms with van der Waals surface area (Å²) in [6, 6.07) is 13.1. The average Bonchev–Trinajstić information content (AvgIpc) is 2.35. The van der Waals surface area contributed by atoms with Gasteiger partial charge in [-0.15, -0.1) is 0 Å². The van der Waals surface area contributed by atoms with Crippen molar-refractivity contribution in [3.05, 3.63) is 69.2 Å². The first kappa shape index (κ1) is 13.4. The zero-order valence-corrected chi connectivity index (χ0v) is 11.5. The fourth-order valence-electron chi connectivity index (χ4n) is 1.93. The molecule has 0 amide bonds. The number of halogens is 2. The summed E-state index contributed by atoms with van der Waals surface area (Å²) in [5, 5.41) is 11.4. The molecule has 0 spiro atoms. The Morgan fingerprint density at radius 1 is 1.11 bits per heavy atom. The second kappa shape index (κ2) is 5.75. The normalized spacial score (nSPS) is 12.4. The van der Waals surface area contributed by atoms with Crippen LogP contribution in [0, 0.1) is 6.92 Å². The van der Waals surface area contributed by atoms with Gasteiger partial charge in [0, 0.05) is 22.0 Å². The van der Waals surface area contributed by atoms with Gasteiger partial charge in [-0.05, 0) is 36.2 Å². The maximum absolute atomic E-state index is 10.3. The van der Waals surface area contributed by atoms with Crippen LogP contribution in [0.3, 0.4) is 0 Å². The molecule has 0 saturated carbocycles. The quantitative estimate of drug-likeness (QED) is 0.873. The second-order valence-corrected chi connectivity index (χ2v) is 5.16. The summed E-state index contributed by atoms with van der Waals surface area (Å²) in [5.41, 5.74) is 2.95. The van der Waals surface area contributed by atoms with Gasteiger partial charge in [-0.1, -0.05) is 47.5 Å². The Balaban J connectivity index is 2.25. The van der Waals surface area contributed by atoms with Gasteiger partial charge in [0.15, 0.2) is 0 Å². The molecule has 0 aliphatic carbocycles. The minimum Gasteiger partial charge on any atom is -0.388 e. The first-order chi connectivity index (χ1) is 8.58. The highest BCUT2D eigenvalue weighted by molar-refractivity contribution is 6.33. The third kappa shape index (κ3) is 3.05. The van der Waals surface area contributed by atoms with Crippen LogP contribution in [0.2, 0.25) is 10.0 Å². The van der Waals surface area contributed by atoms with Gasteiger partial charge in [-0.25, -0.2) is 0 Å². The molecule has 18 heavy (non-hydrogen) atoms. The summed E-state index contributed by atoms with van der Waals surface area (Å²) in [4.78, 5) is 0. The molecule has 94 valence electrons. The van der Waals surface area contributed by atoms with Gasteiger partial charge in [0.1, 0.15) is 0 Å². The van der Waals surface area contributed by atoms with Gasteiger partial charge in [-0.2, -0.15) is 0 Å². The molecule has 0 fully saturated rings. The van der Waals surface area contributed by atoms with Crippen LogP contribution in [0.4, 0.5) is 0 Å². The molecule has 0 bridgehead atoms. The van der Waals surface area contributed by atoms with E-state index in [1.807, 2.05) is 31.2 Å². The molecule has 1 N–H and O–H groups in total. The maximum Gasteiger partial charge on any atom is 0.0845 e. The number of aliphatic hydroxyl groups excluding tert-OH is 1. The van der Waals surface area contributed by atoms with Crippen LogP contribution in [-0.4, -0.2) is 5.11 Å². The Hall–Kier alpha value is -1.02. The van der Waals surface area contributed by atoms with Gasteiger partial charge in [0.25, 0.3) is 0 Å². The summed E-state index contributed by atoms with van der Waals surface area (Å²) < 4.78 is 0. The Labute approximate surface area is 117 Å². The van der Waals surface area contributed by atoms with Crippen molar-refractivity contribution < 1.29 is 5.11 Å². The number of aliphatic hydroxyl groups is 1. The monoisotopic (exact) mass is 280 g/mol. The van der Waals surface area contributed by atoms with Gasteiger partial charge in [0.05, 0.1) is 6.10 Å². The zero-order valence-electron chi connectivity index (χ0n) is 10.0. The molecule has 2 aromatic carbocycles. The molecular formula is C15H14Cl2O. The van der Waals surface area contributed by atoms with Gasteiger partial charge < -0.3 is 5.11 Å². The summed E-state index contributed by atoms with van der Waals surface area (Å²) in [5.74, 6) is 0. The summed E-state index contributed by atoms with van der Waals surface area (Å²) >= 11 is 12.0. The largest absolute Gasteiger partial charge is 0.388 e. The molecular weight excluding hydrogens is 267 g/mol. The van der Waals surface area contributed by atoms with Crippen LogP contribution >= 0.6 is 23.2 Å². The summed E-state index contributed by atoms with van der Waals surface area (Å²) in [6.07, 6.45) is -0.107. The van der Waals surface area contributed by atoms with Crippen molar-refractivity contribution in [2.45, 2.75) is 19.4 Å². The van der Waals surface area contributed by atoms with Crippen molar-refractivity contribution in [3.8, 4) is 0 Å². The molecule has 0 radical (unpaired) electrons. The molecule has 2 aromatic rings. The maximum atomic E-state index is 10.3. The van der Waals surface area contributed by atoms with Crippen LogP contribution in [0.1, 0.15) is 22.8 Å². The molecule has 0 aliphatic rings. The van der Waals surface area contributed by atoms with E-state index in [0.29, 0.717) is 22.0 Å². The fraction of sp³-hybridized carbons (Fsp3) is 0.200. The van der Waals surface area contributed by atoms with Crippen LogP contribution < -0.4 is 0 Å². The molecule has 0 heterocycles. The van der Waals surface area contributed by atoms with E-state index >= 15 is 0 Å². The van der Waals surface area contributed by atoms with Crippen molar-refractivity contribution in [2.75, 3.05) is 0 Å². The van der Waals surface area contributed by atoms with Crippen molar-refractivity contribution in [1.82, 2.24) is 0 Å². The minimum absolute atomic E-state index is 0.534. The smallest absolute Gasteiger partial charge is 0.0845 e. The van der Waals surface area contributed by atoms with Crippen LogP contribution in [0.5, 0.6) is 0 Å². The molecule has 3 heteroatoms. The Bertz CT molecular complexity index is 552. The van der Waals surface area contributed by atoms with Crippen LogP contribution in [-0.2, 0) is 6.42 Å². The third-order valence-corrected chi connectivity index (χ3v) is 3.57. The first-order valence-electron chi connectivity index (χ1n) is 5.75. The molecule has 0 aromatic heterocycles. The summed E-state index contributed by atoms with van der Waals surface area (Å²) in [7, 11) is 0. The minimum atomic E-state index is -0.641. The van der Waals surface area contributed by atoms with Gasteiger partial charge in [-0.3, -0.25) is 0 Å². The Kier molecular flexibility index (Phi) is 4.28. The Morgan fingerprint density at radius 2 is 1.83 bits per heavy atom. The first-order valence-corrected chi connectivity index (χ1v) is 6.51. The van der Waals surface area contributed by atoms with E-state index in [0.717, 1.165) is 11.1 Å². The highest BCUT2D eigenvalue weighted by Crippen LogP contribution is 2.29. The van der Waals surface area contributed by atoms with Crippen LogP contribution in [0.25, 0.3) is 0 Å². The van der Waals surface area contributed by atoms with E-state index in [9.17, 15) is 5.11 Å². The highest BCUT2D eigenvalue weighted by atomic mass is 35.5. The van der Waals surface area contributed by atoms with Crippen LogP contribution in [0.15, 0.2) is 42.5 Å². The van der Waals surface area contributed by atoms with E-state index in [-0.39, 0.29) is 0 Å². The Morgan fingerprint density at radius 3 is 2.56 bits per heavy atom. The lowest BCUT2D eigenvalue weighted by molar-refractivity contribution is 0.178. The van der Waals surface area contributed by atoms with E-state index in [1.165, 1.54) is 0 Å². The SMILES string of the molecule is Cc1ccccc1CC(O)c1cc(Cl)ccc1Cl. The van der Waals surface area contributed by atoms with Gasteiger partial charge in [0.2, 0.25) is 0 Å². The fourth-order valence-corrected chi connectivity index (χ4v) is 2.35. The lowest BCUT2D eigenvalue weighted by Crippen LogP contribution is -2.04. The molecule has 1 unspecified atom stereocenters. The molecule has 0 saturated heterocycles. The van der Waals surface area contributed by atoms with Crippen molar-refractivity contribution in [1.29, 1.82) is 0 Å². The predicted molar refractivity (Wildman–Crippen MR) is 76.3 cm³/mol. The topological polar surface area (TPSA) is 20.2 Å². The lowest BCUT2D eigenvalue weighted by Gasteiger charge is -2.14. The molecule has 2 rings (SSSR count). The van der Waals surface area contributed by atoms with Crippen molar-refractivity contribution in [3.63, 3.8) is 0 Å². The third-order valence-electron chi connectivity index (χ3n) is 2.99. The number of aryl methyl sites for hydroxylation is 1. The highest BCUT2D eigenvalue weighted by Gasteiger charge is 2.13. The van der Waals surface area contributed by atoms with E-state index < -0.39 is 6.10 Å². The van der Waals surface area contributed by atoms with Crippen molar-refractivity contribution in [2.24, 2.45) is 0 Å². The van der Waals surface area contributed by atoms with E-state index in [4.69, 9.17) is 23.2 Å². The second-order valence-electron chi connectivity index (χ2n) is 4.31. The summed E-state index contributed by atoms with van der Waals surface area (Å²) in [6.45, 7) is 2.03. The molecule has 1 atom stereocenters. The lowest BCUT2D eigenvalue weighted by atomic mass is 9.98. The van der Waals surface area contributed by atoms with Crippen molar-refractivity contribution >= 4 is 23.2 Å². The zero-order chi connectivity index (χ0) is 13.1. The number of benzene rings is 2. The standard InChI is InChI=1S/C15H14Cl2O/c1-10-4-2-3-5-11(10)8-15(18)13-9-12(16)6-7-14(13)17/h2-7,9,15,18H,8H2,1H3. The van der Waals surface area contributed by atoms with E-state index in [2.05, 4.69) is 0 Å². The number of hydrogen-bond donors (Lipinski definition) is 1. The number of rotatable bonds is 3. The van der Waals surface area contributed by atoms with Gasteiger partial charge >= 0.3 is 0 Å².